The number of nitrogens with one attached hydrogen (secondary N) is 1. The predicted molar refractivity (Wildman–Crippen MR) is 124 cm³/mol. The highest BCUT2D eigenvalue weighted by atomic mass is 32.2. The highest BCUT2D eigenvalue weighted by Crippen LogP contribution is 2.29. The van der Waals surface area contributed by atoms with Crippen molar-refractivity contribution >= 4 is 56.6 Å². The number of aromatic nitrogens is 1. The number of nitrogens with zero attached hydrogens (tertiary/aromatic N) is 2. The predicted octanol–water partition coefficient (Wildman–Crippen LogP) is 4.87. The van der Waals surface area contributed by atoms with E-state index in [0.717, 1.165) is 37.0 Å². The van der Waals surface area contributed by atoms with Gasteiger partial charge in [0.2, 0.25) is 11.8 Å². The van der Waals surface area contributed by atoms with Crippen LogP contribution in [-0.2, 0) is 16.0 Å². The first-order chi connectivity index (χ1) is 14.1. The second kappa shape index (κ2) is 10.8. The molecule has 154 valence electrons. The van der Waals surface area contributed by atoms with Gasteiger partial charge in [0.05, 0.1) is 5.25 Å². The van der Waals surface area contributed by atoms with Gasteiger partial charge in [-0.05, 0) is 24.8 Å². The fourth-order valence-electron chi connectivity index (χ4n) is 3.12. The fourth-order valence-corrected chi connectivity index (χ4v) is 5.46. The van der Waals surface area contributed by atoms with E-state index in [4.69, 9.17) is 12.2 Å². The average molecular weight is 448 g/mol. The third kappa shape index (κ3) is 6.35. The van der Waals surface area contributed by atoms with E-state index in [1.807, 2.05) is 31.3 Å². The van der Waals surface area contributed by atoms with Gasteiger partial charge in [-0.15, -0.1) is 11.3 Å². The van der Waals surface area contributed by atoms with E-state index in [-0.39, 0.29) is 17.1 Å². The molecule has 1 unspecified atom stereocenters. The molecule has 0 saturated carbocycles. The van der Waals surface area contributed by atoms with E-state index in [2.05, 4.69) is 22.4 Å². The highest BCUT2D eigenvalue weighted by Gasteiger charge is 2.34. The molecular formula is C21H25N3O2S3. The monoisotopic (exact) mass is 447 g/mol. The topological polar surface area (TPSA) is 62.3 Å². The van der Waals surface area contributed by atoms with Crippen molar-refractivity contribution in [3.8, 4) is 0 Å². The van der Waals surface area contributed by atoms with Gasteiger partial charge in [-0.25, -0.2) is 4.98 Å². The van der Waals surface area contributed by atoms with E-state index in [1.54, 1.807) is 4.90 Å². The quantitative estimate of drug-likeness (QED) is 0.416. The van der Waals surface area contributed by atoms with E-state index in [1.165, 1.54) is 28.7 Å². The minimum Gasteiger partial charge on any atom is -0.302 e. The van der Waals surface area contributed by atoms with Gasteiger partial charge in [-0.3, -0.25) is 14.5 Å². The summed E-state index contributed by atoms with van der Waals surface area (Å²) in [6, 6.07) is 10.2. The molecule has 2 heterocycles. The molecule has 1 aromatic heterocycles. The first kappa shape index (κ1) is 21.9. The molecule has 1 fully saturated rings. The summed E-state index contributed by atoms with van der Waals surface area (Å²) in [4.78, 5) is 31.5. The number of carbonyl (C=O) groups is 2. The summed E-state index contributed by atoms with van der Waals surface area (Å²) in [6.45, 7) is 2.66. The Labute approximate surface area is 185 Å². The number of unbranched alkanes of at least 4 members (excludes halogenated alkanes) is 2. The van der Waals surface area contributed by atoms with Gasteiger partial charge < -0.3 is 5.32 Å². The molecule has 0 spiro atoms. The van der Waals surface area contributed by atoms with Gasteiger partial charge in [-0.1, -0.05) is 67.7 Å². The van der Waals surface area contributed by atoms with Gasteiger partial charge in [0.1, 0.15) is 4.32 Å². The Balaban J connectivity index is 1.33. The number of hydrogen-bond acceptors (Lipinski definition) is 6. The van der Waals surface area contributed by atoms with E-state index in [0.29, 0.717) is 22.4 Å². The SMILES string of the molecule is CCC1SC(=S)N(CCCCCC(=O)Nc2ncc(Cc3ccccc3)s2)C1=O. The lowest BCUT2D eigenvalue weighted by Gasteiger charge is -2.15. The molecule has 5 nitrogen and oxygen atoms in total. The number of carbonyl (C=O) groups excluding carboxylic acids is 2. The molecule has 29 heavy (non-hydrogen) atoms. The van der Waals surface area contributed by atoms with Gasteiger partial charge in [0.25, 0.3) is 0 Å². The van der Waals surface area contributed by atoms with Crippen LogP contribution in [0.4, 0.5) is 5.13 Å². The Hall–Kier alpha value is -1.77. The molecule has 1 saturated heterocycles. The Kier molecular flexibility index (Phi) is 8.20. The smallest absolute Gasteiger partial charge is 0.241 e. The Bertz CT molecular complexity index is 854. The van der Waals surface area contributed by atoms with Crippen LogP contribution in [-0.4, -0.2) is 37.8 Å². The molecular weight excluding hydrogens is 422 g/mol. The zero-order valence-electron chi connectivity index (χ0n) is 16.4. The maximum atomic E-state index is 12.2. The summed E-state index contributed by atoms with van der Waals surface area (Å²) >= 11 is 8.30. The molecule has 2 amide bonds. The van der Waals surface area contributed by atoms with Crippen LogP contribution in [0, 0.1) is 0 Å². The summed E-state index contributed by atoms with van der Waals surface area (Å²) < 4.78 is 0.690. The lowest BCUT2D eigenvalue weighted by atomic mass is 10.1. The number of thiocarbonyl (C=S) groups is 1. The van der Waals surface area contributed by atoms with Gasteiger partial charge in [0, 0.05) is 30.5 Å². The molecule has 2 aromatic rings. The van der Waals surface area contributed by atoms with E-state index in [9.17, 15) is 9.59 Å². The Morgan fingerprint density at radius 1 is 1.24 bits per heavy atom. The van der Waals surface area contributed by atoms with Crippen LogP contribution in [0.1, 0.15) is 49.5 Å². The first-order valence-corrected chi connectivity index (χ1v) is 12.0. The number of amides is 2. The molecule has 1 N–H and O–H groups in total. The van der Waals surface area contributed by atoms with Crippen LogP contribution in [0.2, 0.25) is 0 Å². The molecule has 1 aliphatic heterocycles. The summed E-state index contributed by atoms with van der Waals surface area (Å²) in [5.41, 5.74) is 1.23. The van der Waals surface area contributed by atoms with E-state index >= 15 is 0 Å². The maximum absolute atomic E-state index is 12.2. The zero-order valence-corrected chi connectivity index (χ0v) is 18.9. The molecule has 0 bridgehead atoms. The molecule has 8 heteroatoms. The zero-order chi connectivity index (χ0) is 20.6. The molecule has 1 aromatic carbocycles. The van der Waals surface area contributed by atoms with Crippen LogP contribution in [0.5, 0.6) is 0 Å². The summed E-state index contributed by atoms with van der Waals surface area (Å²) in [7, 11) is 0. The summed E-state index contributed by atoms with van der Waals surface area (Å²) in [6.07, 6.45) is 6.44. The normalized spacial score (nSPS) is 16.4. The number of anilines is 1. The first-order valence-electron chi connectivity index (χ1n) is 9.87. The molecule has 3 rings (SSSR count). The molecule has 0 radical (unpaired) electrons. The highest BCUT2D eigenvalue weighted by molar-refractivity contribution is 8.24. The van der Waals surface area contributed by atoms with Crippen molar-refractivity contribution in [2.45, 2.75) is 50.7 Å². The van der Waals surface area contributed by atoms with Crippen molar-refractivity contribution in [3.63, 3.8) is 0 Å². The van der Waals surface area contributed by atoms with Crippen LogP contribution in [0.15, 0.2) is 36.5 Å². The largest absolute Gasteiger partial charge is 0.302 e. The minimum absolute atomic E-state index is 0.0139. The second-order valence-electron chi connectivity index (χ2n) is 6.92. The molecule has 1 aliphatic rings. The number of thioether (sulfide) groups is 1. The second-order valence-corrected chi connectivity index (χ2v) is 9.88. The number of rotatable bonds is 10. The number of hydrogen-bond donors (Lipinski definition) is 1. The van der Waals surface area contributed by atoms with Crippen molar-refractivity contribution < 1.29 is 9.59 Å². The van der Waals surface area contributed by atoms with Crippen molar-refractivity contribution in [1.82, 2.24) is 9.88 Å². The minimum atomic E-state index is -0.0154. The lowest BCUT2D eigenvalue weighted by molar-refractivity contribution is -0.126. The third-order valence-electron chi connectivity index (χ3n) is 4.68. The van der Waals surface area contributed by atoms with Crippen molar-refractivity contribution in [1.29, 1.82) is 0 Å². The standard InChI is InChI=1S/C21H25N3O2S3/c1-2-17-19(26)24(21(27)29-17)12-8-4-7-11-18(25)23-20-22-14-16(28-20)13-15-9-5-3-6-10-15/h3,5-6,9-10,14,17H,2,4,7-8,11-13H2,1H3,(H,22,23,25). The average Bonchev–Trinajstić information content (AvgIpc) is 3.26. The number of benzene rings is 1. The fraction of sp³-hybridized carbons (Fsp3) is 0.429. The van der Waals surface area contributed by atoms with Gasteiger partial charge in [0.15, 0.2) is 5.13 Å². The third-order valence-corrected chi connectivity index (χ3v) is 7.35. The van der Waals surface area contributed by atoms with Gasteiger partial charge in [-0.2, -0.15) is 0 Å². The summed E-state index contributed by atoms with van der Waals surface area (Å²) in [5, 5.41) is 3.52. The lowest BCUT2D eigenvalue weighted by Crippen LogP contribution is -2.32. The van der Waals surface area contributed by atoms with Crippen LogP contribution < -0.4 is 5.32 Å². The molecule has 0 aliphatic carbocycles. The van der Waals surface area contributed by atoms with Crippen molar-refractivity contribution in [2.24, 2.45) is 0 Å². The summed E-state index contributed by atoms with van der Waals surface area (Å²) in [5.74, 6) is 0.121. The Morgan fingerprint density at radius 3 is 2.76 bits per heavy atom. The van der Waals surface area contributed by atoms with E-state index < -0.39 is 0 Å². The Morgan fingerprint density at radius 2 is 2.03 bits per heavy atom. The van der Waals surface area contributed by atoms with Crippen LogP contribution in [0.25, 0.3) is 0 Å². The molecule has 1 atom stereocenters. The number of thiazole rings is 1. The maximum Gasteiger partial charge on any atom is 0.241 e. The van der Waals surface area contributed by atoms with Crippen LogP contribution in [0.3, 0.4) is 0 Å². The van der Waals surface area contributed by atoms with Crippen LogP contribution >= 0.6 is 35.3 Å². The van der Waals surface area contributed by atoms with Gasteiger partial charge >= 0.3 is 0 Å². The van der Waals surface area contributed by atoms with Crippen molar-refractivity contribution in [3.05, 3.63) is 47.0 Å². The van der Waals surface area contributed by atoms with Crippen molar-refractivity contribution in [2.75, 3.05) is 11.9 Å².